The molecule has 0 aliphatic carbocycles. The van der Waals surface area contributed by atoms with E-state index in [1.165, 1.54) is 77.0 Å². The topological polar surface area (TPSA) is 78.9 Å². The van der Waals surface area contributed by atoms with Gasteiger partial charge in [-0.25, -0.2) is 0 Å². The molecule has 0 radical (unpaired) electrons. The number of carbonyl (C=O) groups is 3. The molecule has 0 rings (SSSR count). The molecular weight excluding hydrogens is 829 g/mol. The number of carbonyl (C=O) groups excluding carboxylic acids is 3. The molecule has 382 valence electrons. The van der Waals surface area contributed by atoms with Crippen molar-refractivity contribution >= 4 is 17.9 Å². The fourth-order valence-corrected chi connectivity index (χ4v) is 7.42. The highest BCUT2D eigenvalue weighted by molar-refractivity contribution is 5.71. The largest absolute Gasteiger partial charge is 0.462 e. The van der Waals surface area contributed by atoms with Crippen LogP contribution < -0.4 is 0 Å². The molecule has 0 saturated carbocycles. The summed E-state index contributed by atoms with van der Waals surface area (Å²) in [5, 5.41) is 0. The average molecular weight is 931 g/mol. The van der Waals surface area contributed by atoms with Gasteiger partial charge in [-0.05, 0) is 103 Å². The second kappa shape index (κ2) is 54.9. The highest BCUT2D eigenvalue weighted by Crippen LogP contribution is 2.14. The third-order valence-corrected chi connectivity index (χ3v) is 11.6. The lowest BCUT2D eigenvalue weighted by molar-refractivity contribution is -0.167. The van der Waals surface area contributed by atoms with Gasteiger partial charge in [0.05, 0.1) is 0 Å². The summed E-state index contributed by atoms with van der Waals surface area (Å²) in [5.41, 5.74) is 0. The molecule has 1 atom stereocenters. The van der Waals surface area contributed by atoms with Gasteiger partial charge in [-0.2, -0.15) is 0 Å². The Hall–Kier alpha value is -3.67. The third kappa shape index (κ3) is 53.2. The molecule has 0 heterocycles. The smallest absolute Gasteiger partial charge is 0.306 e. The lowest BCUT2D eigenvalue weighted by Crippen LogP contribution is -2.30. The van der Waals surface area contributed by atoms with E-state index >= 15 is 0 Å². The second-order valence-electron chi connectivity index (χ2n) is 18.1. The van der Waals surface area contributed by atoms with Crippen LogP contribution in [0.3, 0.4) is 0 Å². The number of rotatable bonds is 49. The Kier molecular flexibility index (Phi) is 51.9. The molecule has 0 aliphatic rings. The number of hydrogen-bond acceptors (Lipinski definition) is 6. The molecule has 6 nitrogen and oxygen atoms in total. The van der Waals surface area contributed by atoms with Crippen LogP contribution >= 0.6 is 0 Å². The standard InChI is InChI=1S/C61H102O6/c1-4-7-10-13-16-19-22-24-25-26-27-28-29-30-31-32-33-34-35-36-37-38-40-42-45-48-51-54-60(63)66-57-58(56-65-59(62)53-50-47-44-41-21-18-15-12-9-6-3)67-61(64)55-52-49-46-43-39-23-20-17-14-11-8-5-2/h7,10,16-17,19-20,24-25,27-28,30-31,33-34,36-37,58H,4-6,8-9,11-15,18,21-23,26,29,32,35,38-57H2,1-3H3/b10-7-,19-16-,20-17-,25-24-,28-27-,31-30-,34-33-,37-36-. The van der Waals surface area contributed by atoms with Crippen LogP contribution in [-0.2, 0) is 28.6 Å². The SMILES string of the molecule is CC/C=C\C/C=C\C/C=C\C/C=C\C/C=C\C/C=C\C/C=C\CCCCCCCC(=O)OCC(COC(=O)CCCCCCCCCCCC)OC(=O)CCCCCCC/C=C\CCCCC. The Bertz CT molecular complexity index is 1350. The predicted octanol–water partition coefficient (Wildman–Crippen LogP) is 18.5. The van der Waals surface area contributed by atoms with Gasteiger partial charge in [-0.15, -0.1) is 0 Å². The molecular formula is C61H102O6. The summed E-state index contributed by atoms with van der Waals surface area (Å²) in [6, 6.07) is 0. The van der Waals surface area contributed by atoms with Crippen molar-refractivity contribution < 1.29 is 28.6 Å². The fourth-order valence-electron chi connectivity index (χ4n) is 7.42. The van der Waals surface area contributed by atoms with Gasteiger partial charge >= 0.3 is 17.9 Å². The van der Waals surface area contributed by atoms with Crippen LogP contribution in [0, 0.1) is 0 Å². The first-order chi connectivity index (χ1) is 33.0. The second-order valence-corrected chi connectivity index (χ2v) is 18.1. The molecule has 0 N–H and O–H groups in total. The number of allylic oxidation sites excluding steroid dienone is 16. The molecule has 0 fully saturated rings. The molecule has 0 aromatic heterocycles. The van der Waals surface area contributed by atoms with E-state index < -0.39 is 6.10 Å². The first-order valence-electron chi connectivity index (χ1n) is 27.7. The van der Waals surface area contributed by atoms with Gasteiger partial charge in [0.25, 0.3) is 0 Å². The summed E-state index contributed by atoms with van der Waals surface area (Å²) in [6.07, 6.45) is 72.6. The maximum absolute atomic E-state index is 12.8. The van der Waals surface area contributed by atoms with Crippen molar-refractivity contribution in [2.45, 2.75) is 258 Å². The van der Waals surface area contributed by atoms with E-state index in [0.29, 0.717) is 19.3 Å². The monoisotopic (exact) mass is 931 g/mol. The first-order valence-corrected chi connectivity index (χ1v) is 27.7. The van der Waals surface area contributed by atoms with Gasteiger partial charge in [0.2, 0.25) is 0 Å². The zero-order valence-electron chi connectivity index (χ0n) is 43.6. The molecule has 0 aromatic carbocycles. The van der Waals surface area contributed by atoms with Crippen LogP contribution in [0.15, 0.2) is 97.2 Å². The molecule has 1 unspecified atom stereocenters. The lowest BCUT2D eigenvalue weighted by atomic mass is 10.1. The van der Waals surface area contributed by atoms with Crippen LogP contribution in [-0.4, -0.2) is 37.2 Å². The first kappa shape index (κ1) is 63.3. The van der Waals surface area contributed by atoms with Crippen molar-refractivity contribution in [3.63, 3.8) is 0 Å². The van der Waals surface area contributed by atoms with E-state index in [-0.39, 0.29) is 31.1 Å². The minimum atomic E-state index is -0.787. The zero-order chi connectivity index (χ0) is 48.6. The van der Waals surface area contributed by atoms with Crippen LogP contribution in [0.5, 0.6) is 0 Å². The maximum atomic E-state index is 12.8. The third-order valence-electron chi connectivity index (χ3n) is 11.6. The van der Waals surface area contributed by atoms with Crippen molar-refractivity contribution in [2.75, 3.05) is 13.2 Å². The normalized spacial score (nSPS) is 12.8. The Morgan fingerprint density at radius 3 is 0.955 bits per heavy atom. The highest BCUT2D eigenvalue weighted by atomic mass is 16.6. The Labute approximate surface area is 413 Å². The van der Waals surface area contributed by atoms with E-state index in [0.717, 1.165) is 135 Å². The summed E-state index contributed by atoms with van der Waals surface area (Å²) in [7, 11) is 0. The van der Waals surface area contributed by atoms with Crippen LogP contribution in [0.1, 0.15) is 252 Å². The summed E-state index contributed by atoms with van der Waals surface area (Å²) >= 11 is 0. The number of hydrogen-bond donors (Lipinski definition) is 0. The summed E-state index contributed by atoms with van der Waals surface area (Å²) in [6.45, 7) is 6.46. The van der Waals surface area contributed by atoms with Crippen molar-refractivity contribution in [3.05, 3.63) is 97.2 Å². The summed E-state index contributed by atoms with van der Waals surface area (Å²) < 4.78 is 16.8. The van der Waals surface area contributed by atoms with Crippen LogP contribution in [0.2, 0.25) is 0 Å². The van der Waals surface area contributed by atoms with Crippen LogP contribution in [0.25, 0.3) is 0 Å². The van der Waals surface area contributed by atoms with Gasteiger partial charge < -0.3 is 14.2 Å². The van der Waals surface area contributed by atoms with E-state index in [4.69, 9.17) is 14.2 Å². The van der Waals surface area contributed by atoms with Gasteiger partial charge in [0, 0.05) is 19.3 Å². The van der Waals surface area contributed by atoms with Gasteiger partial charge in [-0.3, -0.25) is 14.4 Å². The maximum Gasteiger partial charge on any atom is 0.306 e. The lowest BCUT2D eigenvalue weighted by Gasteiger charge is -2.18. The van der Waals surface area contributed by atoms with Gasteiger partial charge in [0.1, 0.15) is 13.2 Å². The van der Waals surface area contributed by atoms with Crippen molar-refractivity contribution in [1.82, 2.24) is 0 Å². The van der Waals surface area contributed by atoms with Crippen molar-refractivity contribution in [3.8, 4) is 0 Å². The predicted molar refractivity (Wildman–Crippen MR) is 288 cm³/mol. The van der Waals surface area contributed by atoms with E-state index in [1.54, 1.807) is 0 Å². The summed E-state index contributed by atoms with van der Waals surface area (Å²) in [5.74, 6) is -0.917. The molecule has 0 bridgehead atoms. The Balaban J connectivity index is 4.29. The van der Waals surface area contributed by atoms with Crippen molar-refractivity contribution in [1.29, 1.82) is 0 Å². The fraction of sp³-hybridized carbons (Fsp3) is 0.689. The van der Waals surface area contributed by atoms with Gasteiger partial charge in [-0.1, -0.05) is 227 Å². The van der Waals surface area contributed by atoms with Gasteiger partial charge in [0.15, 0.2) is 6.10 Å². The van der Waals surface area contributed by atoms with Crippen LogP contribution in [0.4, 0.5) is 0 Å². The molecule has 67 heavy (non-hydrogen) atoms. The molecule has 0 aromatic rings. The molecule has 0 saturated heterocycles. The number of esters is 3. The summed E-state index contributed by atoms with van der Waals surface area (Å²) in [4.78, 5) is 38.0. The molecule has 0 aliphatic heterocycles. The number of unbranched alkanes of at least 4 members (excludes halogenated alkanes) is 22. The van der Waals surface area contributed by atoms with E-state index in [9.17, 15) is 14.4 Å². The van der Waals surface area contributed by atoms with E-state index in [2.05, 4.69) is 118 Å². The van der Waals surface area contributed by atoms with E-state index in [1.807, 2.05) is 0 Å². The molecule has 6 heteroatoms. The average Bonchev–Trinajstić information content (AvgIpc) is 3.33. The molecule has 0 amide bonds. The minimum absolute atomic E-state index is 0.0859. The number of ether oxygens (including phenoxy) is 3. The Morgan fingerprint density at radius 2 is 0.582 bits per heavy atom. The zero-order valence-corrected chi connectivity index (χ0v) is 43.6. The highest BCUT2D eigenvalue weighted by Gasteiger charge is 2.19. The quantitative estimate of drug-likeness (QED) is 0.0262. The van der Waals surface area contributed by atoms with Crippen molar-refractivity contribution in [2.24, 2.45) is 0 Å². The molecule has 0 spiro atoms. The Morgan fingerprint density at radius 1 is 0.313 bits per heavy atom. The minimum Gasteiger partial charge on any atom is -0.462 e.